The van der Waals surface area contributed by atoms with Crippen LogP contribution in [0.1, 0.15) is 0 Å². The van der Waals surface area contributed by atoms with E-state index in [1.807, 2.05) is 91.0 Å². The summed E-state index contributed by atoms with van der Waals surface area (Å²) in [7, 11) is 0. The number of anilines is 4. The van der Waals surface area contributed by atoms with E-state index in [2.05, 4.69) is 36.2 Å². The van der Waals surface area contributed by atoms with Gasteiger partial charge in [0.05, 0.1) is 0 Å². The molecule has 3 aromatic carbocycles. The Morgan fingerprint density at radius 3 is 1.34 bits per heavy atom. The molecule has 4 aromatic rings. The van der Waals surface area contributed by atoms with E-state index in [1.54, 1.807) is 0 Å². The predicted molar refractivity (Wildman–Crippen MR) is 138 cm³/mol. The lowest BCUT2D eigenvalue weighted by molar-refractivity contribution is 1.08. The molecule has 1 aromatic heterocycles. The minimum absolute atomic E-state index is 0.289. The van der Waals surface area contributed by atoms with Gasteiger partial charge in [0.15, 0.2) is 16.0 Å². The van der Waals surface area contributed by atoms with Gasteiger partial charge in [0.2, 0.25) is 11.9 Å². The molecular formula is C23H19N7S2. The lowest BCUT2D eigenvalue weighted by Crippen LogP contribution is -2.23. The van der Waals surface area contributed by atoms with Crippen LogP contribution >= 0.6 is 24.4 Å². The maximum atomic E-state index is 5.41. The molecule has 32 heavy (non-hydrogen) atoms. The van der Waals surface area contributed by atoms with Crippen LogP contribution in [0, 0.1) is 0 Å². The second-order valence-corrected chi connectivity index (χ2v) is 7.38. The number of nitrogens with zero attached hydrogens (tertiary/aromatic N) is 3. The minimum Gasteiger partial charge on any atom is -0.332 e. The third-order valence-electron chi connectivity index (χ3n) is 4.18. The molecule has 158 valence electrons. The number of thiocarbonyl (C=S) groups is 2. The molecule has 0 saturated heterocycles. The highest BCUT2D eigenvalue weighted by Crippen LogP contribution is 2.18. The molecule has 0 unspecified atom stereocenters. The highest BCUT2D eigenvalue weighted by atomic mass is 32.1. The van der Waals surface area contributed by atoms with Crippen LogP contribution in [0.3, 0.4) is 0 Å². The van der Waals surface area contributed by atoms with E-state index in [4.69, 9.17) is 24.4 Å². The maximum Gasteiger partial charge on any atom is 0.234 e. The molecular weight excluding hydrogens is 438 g/mol. The van der Waals surface area contributed by atoms with E-state index in [0.29, 0.717) is 16.0 Å². The minimum atomic E-state index is 0.289. The van der Waals surface area contributed by atoms with Gasteiger partial charge >= 0.3 is 0 Å². The van der Waals surface area contributed by atoms with Crippen molar-refractivity contribution in [2.75, 3.05) is 21.3 Å². The quantitative estimate of drug-likeness (QED) is 0.304. The molecule has 0 aliphatic rings. The van der Waals surface area contributed by atoms with Crippen LogP contribution in [0.4, 0.5) is 23.3 Å². The summed E-state index contributed by atoms with van der Waals surface area (Å²) in [6, 6.07) is 28.8. The first kappa shape index (κ1) is 21.3. The Bertz CT molecular complexity index is 1130. The highest BCUT2D eigenvalue weighted by Gasteiger charge is 2.11. The van der Waals surface area contributed by atoms with Crippen LogP contribution < -0.4 is 21.3 Å². The zero-order valence-corrected chi connectivity index (χ0v) is 18.5. The van der Waals surface area contributed by atoms with Crippen molar-refractivity contribution in [1.82, 2.24) is 15.0 Å². The van der Waals surface area contributed by atoms with Gasteiger partial charge in [0, 0.05) is 16.9 Å². The number of hydrogen-bond acceptors (Lipinski definition) is 5. The first-order chi connectivity index (χ1) is 15.7. The number of benzene rings is 3. The molecule has 1 heterocycles. The van der Waals surface area contributed by atoms with E-state index < -0.39 is 0 Å². The topological polar surface area (TPSA) is 86.8 Å². The van der Waals surface area contributed by atoms with E-state index in [-0.39, 0.29) is 11.9 Å². The standard InChI is InChI=1S/C23H19N7S2/c31-22(24-17-12-6-2-7-13-17)29-20-26-19(16-10-4-1-5-11-16)27-21(28-20)30-23(32)25-18-14-8-3-9-15-18/h1-15H,(H4,24,25,26,27,28,29,30,31,32). The van der Waals surface area contributed by atoms with Gasteiger partial charge in [-0.2, -0.15) is 15.0 Å². The molecule has 0 bridgehead atoms. The van der Waals surface area contributed by atoms with Crippen LogP contribution in [0.5, 0.6) is 0 Å². The van der Waals surface area contributed by atoms with E-state index in [9.17, 15) is 0 Å². The van der Waals surface area contributed by atoms with Gasteiger partial charge in [0.25, 0.3) is 0 Å². The number of rotatable bonds is 5. The summed E-state index contributed by atoms with van der Waals surface area (Å²) < 4.78 is 0. The molecule has 4 rings (SSSR count). The highest BCUT2D eigenvalue weighted by molar-refractivity contribution is 7.81. The number of nitrogens with one attached hydrogen (secondary N) is 4. The third kappa shape index (κ3) is 6.03. The van der Waals surface area contributed by atoms with Crippen LogP contribution in [-0.2, 0) is 0 Å². The van der Waals surface area contributed by atoms with Crippen molar-refractivity contribution in [1.29, 1.82) is 0 Å². The zero-order chi connectivity index (χ0) is 22.2. The fraction of sp³-hybridized carbons (Fsp3) is 0. The van der Waals surface area contributed by atoms with Crippen molar-refractivity contribution in [2.45, 2.75) is 0 Å². The predicted octanol–water partition coefficient (Wildman–Crippen LogP) is 5.16. The summed E-state index contributed by atoms with van der Waals surface area (Å²) in [5.41, 5.74) is 2.55. The van der Waals surface area contributed by atoms with Gasteiger partial charge in [-0.15, -0.1) is 0 Å². The summed E-state index contributed by atoms with van der Waals surface area (Å²) in [5, 5.41) is 13.0. The summed E-state index contributed by atoms with van der Waals surface area (Å²) in [6.07, 6.45) is 0. The van der Waals surface area contributed by atoms with Crippen molar-refractivity contribution >= 4 is 57.9 Å². The number of aromatic nitrogens is 3. The number of hydrogen-bond donors (Lipinski definition) is 4. The molecule has 0 fully saturated rings. The number of para-hydroxylation sites is 2. The Morgan fingerprint density at radius 1 is 0.500 bits per heavy atom. The van der Waals surface area contributed by atoms with Gasteiger partial charge in [-0.05, 0) is 48.7 Å². The molecule has 7 nitrogen and oxygen atoms in total. The molecule has 9 heteroatoms. The normalized spacial score (nSPS) is 10.1. The Hall–Kier alpha value is -3.95. The molecule has 0 atom stereocenters. The van der Waals surface area contributed by atoms with E-state index in [0.717, 1.165) is 16.9 Å². The van der Waals surface area contributed by atoms with Gasteiger partial charge in [0.1, 0.15) is 0 Å². The molecule has 0 spiro atoms. The second kappa shape index (κ2) is 10.4. The average molecular weight is 458 g/mol. The molecule has 0 aliphatic heterocycles. The van der Waals surface area contributed by atoms with Crippen molar-refractivity contribution in [3.63, 3.8) is 0 Å². The monoisotopic (exact) mass is 457 g/mol. The fourth-order valence-corrected chi connectivity index (χ4v) is 3.19. The van der Waals surface area contributed by atoms with Gasteiger partial charge < -0.3 is 21.3 Å². The Morgan fingerprint density at radius 2 is 0.906 bits per heavy atom. The summed E-state index contributed by atoms with van der Waals surface area (Å²) in [4.78, 5) is 13.4. The SMILES string of the molecule is S=C(Nc1ccccc1)Nc1nc(NC(=S)Nc2ccccc2)nc(-c2ccccc2)n1. The van der Waals surface area contributed by atoms with Gasteiger partial charge in [-0.1, -0.05) is 66.7 Å². The fourth-order valence-electron chi connectivity index (χ4n) is 2.77. The van der Waals surface area contributed by atoms with Gasteiger partial charge in [-0.25, -0.2) is 0 Å². The molecule has 4 N–H and O–H groups in total. The van der Waals surface area contributed by atoms with Crippen LogP contribution in [0.25, 0.3) is 11.4 Å². The smallest absolute Gasteiger partial charge is 0.234 e. The Kier molecular flexibility index (Phi) is 6.91. The zero-order valence-electron chi connectivity index (χ0n) is 16.8. The van der Waals surface area contributed by atoms with Crippen molar-refractivity contribution in [3.8, 4) is 11.4 Å². The van der Waals surface area contributed by atoms with E-state index >= 15 is 0 Å². The summed E-state index contributed by atoms with van der Waals surface area (Å²) in [6.45, 7) is 0. The molecule has 0 aliphatic carbocycles. The summed E-state index contributed by atoms with van der Waals surface area (Å²) >= 11 is 10.8. The Labute approximate surface area is 196 Å². The van der Waals surface area contributed by atoms with Crippen molar-refractivity contribution in [3.05, 3.63) is 91.0 Å². The second-order valence-electron chi connectivity index (χ2n) is 6.56. The van der Waals surface area contributed by atoms with Crippen molar-refractivity contribution in [2.24, 2.45) is 0 Å². The van der Waals surface area contributed by atoms with E-state index in [1.165, 1.54) is 0 Å². The van der Waals surface area contributed by atoms with Crippen LogP contribution in [-0.4, -0.2) is 25.2 Å². The largest absolute Gasteiger partial charge is 0.332 e. The first-order valence-corrected chi connectivity index (χ1v) is 10.5. The average Bonchev–Trinajstić information content (AvgIpc) is 2.80. The Balaban J connectivity index is 1.55. The molecule has 0 amide bonds. The molecule has 0 saturated carbocycles. The third-order valence-corrected chi connectivity index (χ3v) is 4.59. The van der Waals surface area contributed by atoms with Crippen LogP contribution in [0.2, 0.25) is 0 Å². The molecule has 0 radical (unpaired) electrons. The van der Waals surface area contributed by atoms with Crippen molar-refractivity contribution < 1.29 is 0 Å². The van der Waals surface area contributed by atoms with Crippen LogP contribution in [0.15, 0.2) is 91.0 Å². The van der Waals surface area contributed by atoms with Gasteiger partial charge in [-0.3, -0.25) is 0 Å². The lowest BCUT2D eigenvalue weighted by Gasteiger charge is -2.13. The summed E-state index contributed by atoms with van der Waals surface area (Å²) in [5.74, 6) is 1.06. The maximum absolute atomic E-state index is 5.41. The first-order valence-electron chi connectivity index (χ1n) is 9.73. The lowest BCUT2D eigenvalue weighted by atomic mass is 10.2.